The van der Waals surface area contributed by atoms with Gasteiger partial charge in [0, 0.05) is 16.8 Å². The lowest BCUT2D eigenvalue weighted by Crippen LogP contribution is -2.26. The monoisotopic (exact) mass is 277 g/mol. The van der Waals surface area contributed by atoms with E-state index in [4.69, 9.17) is 15.3 Å². The van der Waals surface area contributed by atoms with E-state index in [0.717, 1.165) is 27.5 Å². The lowest BCUT2D eigenvalue weighted by atomic mass is 10.0. The summed E-state index contributed by atoms with van der Waals surface area (Å²) < 4.78 is 5.89. The second-order valence-corrected chi connectivity index (χ2v) is 4.54. The molecule has 3 nitrogen and oxygen atoms in total. The average Bonchev–Trinajstić information content (AvgIpc) is 2.78. The molecule has 1 atom stereocenters. The highest BCUT2D eigenvalue weighted by atomic mass is 35.5. The SMILES string of the molecule is Cl.NC(CO)Cc1cccc2c1oc1ccccc12. The van der Waals surface area contributed by atoms with Crippen LogP contribution in [0.4, 0.5) is 0 Å². The molecule has 0 saturated carbocycles. The Hall–Kier alpha value is -1.55. The van der Waals surface area contributed by atoms with Crippen LogP contribution in [0.1, 0.15) is 5.56 Å². The lowest BCUT2D eigenvalue weighted by molar-refractivity contribution is 0.265. The molecule has 0 bridgehead atoms. The van der Waals surface area contributed by atoms with Crippen molar-refractivity contribution in [1.29, 1.82) is 0 Å². The van der Waals surface area contributed by atoms with Crippen LogP contribution >= 0.6 is 12.4 Å². The standard InChI is InChI=1S/C15H15NO2.ClH/c16-11(9-17)8-10-4-3-6-13-12-5-1-2-7-14(12)18-15(10)13;/h1-7,11,17H,8-9,16H2;1H. The molecule has 0 aliphatic carbocycles. The predicted molar refractivity (Wildman–Crippen MR) is 79.7 cm³/mol. The highest BCUT2D eigenvalue weighted by Gasteiger charge is 2.12. The van der Waals surface area contributed by atoms with Crippen molar-refractivity contribution in [3.63, 3.8) is 0 Å². The molecule has 4 heteroatoms. The van der Waals surface area contributed by atoms with E-state index in [1.807, 2.05) is 30.3 Å². The molecule has 2 aromatic carbocycles. The highest BCUT2D eigenvalue weighted by molar-refractivity contribution is 6.05. The Morgan fingerprint density at radius 1 is 1.05 bits per heavy atom. The molecule has 0 aliphatic rings. The third-order valence-corrected chi connectivity index (χ3v) is 3.20. The number of benzene rings is 2. The summed E-state index contributed by atoms with van der Waals surface area (Å²) in [5, 5.41) is 11.3. The fourth-order valence-electron chi connectivity index (χ4n) is 2.31. The molecule has 3 rings (SSSR count). The largest absolute Gasteiger partial charge is 0.456 e. The van der Waals surface area contributed by atoms with E-state index < -0.39 is 0 Å². The minimum Gasteiger partial charge on any atom is -0.456 e. The number of aliphatic hydroxyl groups excluding tert-OH is 1. The van der Waals surface area contributed by atoms with Gasteiger partial charge in [0.2, 0.25) is 0 Å². The fourth-order valence-corrected chi connectivity index (χ4v) is 2.31. The summed E-state index contributed by atoms with van der Waals surface area (Å²) in [6.07, 6.45) is 0.619. The van der Waals surface area contributed by atoms with Crippen LogP contribution in [0, 0.1) is 0 Å². The Bertz CT molecular complexity index is 693. The van der Waals surface area contributed by atoms with Crippen LogP contribution in [0.5, 0.6) is 0 Å². The first-order chi connectivity index (χ1) is 8.79. The van der Waals surface area contributed by atoms with Crippen molar-refractivity contribution < 1.29 is 9.52 Å². The van der Waals surface area contributed by atoms with Gasteiger partial charge in [0.15, 0.2) is 0 Å². The second-order valence-electron chi connectivity index (χ2n) is 4.54. The van der Waals surface area contributed by atoms with Crippen LogP contribution < -0.4 is 5.73 Å². The van der Waals surface area contributed by atoms with E-state index in [-0.39, 0.29) is 25.1 Å². The van der Waals surface area contributed by atoms with Crippen molar-refractivity contribution in [3.8, 4) is 0 Å². The van der Waals surface area contributed by atoms with Gasteiger partial charge < -0.3 is 15.3 Å². The Morgan fingerprint density at radius 3 is 2.58 bits per heavy atom. The van der Waals surface area contributed by atoms with Crippen molar-refractivity contribution in [1.82, 2.24) is 0 Å². The van der Waals surface area contributed by atoms with Gasteiger partial charge in [-0.15, -0.1) is 12.4 Å². The first-order valence-corrected chi connectivity index (χ1v) is 6.05. The second kappa shape index (κ2) is 5.61. The molecule has 1 aromatic heterocycles. The molecule has 100 valence electrons. The molecular weight excluding hydrogens is 262 g/mol. The van der Waals surface area contributed by atoms with Crippen molar-refractivity contribution in [2.24, 2.45) is 5.73 Å². The Morgan fingerprint density at radius 2 is 1.79 bits per heavy atom. The molecule has 0 amide bonds. The van der Waals surface area contributed by atoms with Crippen molar-refractivity contribution in [3.05, 3.63) is 48.0 Å². The van der Waals surface area contributed by atoms with E-state index in [9.17, 15) is 0 Å². The van der Waals surface area contributed by atoms with E-state index in [0.29, 0.717) is 6.42 Å². The van der Waals surface area contributed by atoms with Gasteiger partial charge in [0.25, 0.3) is 0 Å². The maximum Gasteiger partial charge on any atom is 0.138 e. The third kappa shape index (κ3) is 2.45. The molecule has 1 unspecified atom stereocenters. The maximum atomic E-state index is 9.05. The van der Waals surface area contributed by atoms with Gasteiger partial charge in [-0.3, -0.25) is 0 Å². The molecule has 3 aromatic rings. The molecule has 3 N–H and O–H groups in total. The molecular formula is C15H16ClNO2. The van der Waals surface area contributed by atoms with Crippen LogP contribution in [0.3, 0.4) is 0 Å². The third-order valence-electron chi connectivity index (χ3n) is 3.20. The lowest BCUT2D eigenvalue weighted by Gasteiger charge is -2.07. The summed E-state index contributed by atoms with van der Waals surface area (Å²) in [7, 11) is 0. The van der Waals surface area contributed by atoms with Gasteiger partial charge in [-0.1, -0.05) is 36.4 Å². The minimum absolute atomic E-state index is 0. The predicted octanol–water partition coefficient (Wildman–Crippen LogP) is 2.87. The summed E-state index contributed by atoms with van der Waals surface area (Å²) in [5.74, 6) is 0. The van der Waals surface area contributed by atoms with Crippen molar-refractivity contribution >= 4 is 34.3 Å². The highest BCUT2D eigenvalue weighted by Crippen LogP contribution is 2.30. The van der Waals surface area contributed by atoms with E-state index >= 15 is 0 Å². The quantitative estimate of drug-likeness (QED) is 0.774. The van der Waals surface area contributed by atoms with Gasteiger partial charge in [-0.05, 0) is 18.1 Å². The van der Waals surface area contributed by atoms with Gasteiger partial charge in [-0.25, -0.2) is 0 Å². The Kier molecular flexibility index (Phi) is 4.10. The number of aliphatic hydroxyl groups is 1. The fraction of sp³-hybridized carbons (Fsp3) is 0.200. The number of furan rings is 1. The molecule has 0 saturated heterocycles. The zero-order valence-electron chi connectivity index (χ0n) is 10.4. The average molecular weight is 278 g/mol. The summed E-state index contributed by atoms with van der Waals surface area (Å²) in [6.45, 7) is -0.0172. The first-order valence-electron chi connectivity index (χ1n) is 6.05. The zero-order valence-corrected chi connectivity index (χ0v) is 11.2. The van der Waals surface area contributed by atoms with Crippen LogP contribution in [0.2, 0.25) is 0 Å². The van der Waals surface area contributed by atoms with E-state index in [1.54, 1.807) is 0 Å². The minimum atomic E-state index is -0.246. The number of nitrogens with two attached hydrogens (primary N) is 1. The van der Waals surface area contributed by atoms with Crippen LogP contribution in [0.25, 0.3) is 21.9 Å². The van der Waals surface area contributed by atoms with E-state index in [1.165, 1.54) is 0 Å². The normalized spacial score (nSPS) is 12.5. The number of halogens is 1. The number of hydrogen-bond acceptors (Lipinski definition) is 3. The van der Waals surface area contributed by atoms with Crippen LogP contribution in [-0.4, -0.2) is 17.8 Å². The molecule has 1 heterocycles. The van der Waals surface area contributed by atoms with Crippen molar-refractivity contribution in [2.75, 3.05) is 6.61 Å². The van der Waals surface area contributed by atoms with Gasteiger partial charge in [0.05, 0.1) is 6.61 Å². The van der Waals surface area contributed by atoms with Crippen LogP contribution in [0.15, 0.2) is 46.9 Å². The number of rotatable bonds is 3. The number of para-hydroxylation sites is 2. The smallest absolute Gasteiger partial charge is 0.138 e. The molecule has 0 radical (unpaired) electrons. The Labute approximate surface area is 117 Å². The summed E-state index contributed by atoms with van der Waals surface area (Å²) in [5.41, 5.74) is 8.61. The summed E-state index contributed by atoms with van der Waals surface area (Å²) >= 11 is 0. The van der Waals surface area contributed by atoms with Gasteiger partial charge in [0.1, 0.15) is 11.2 Å². The number of fused-ring (bicyclic) bond motifs is 3. The van der Waals surface area contributed by atoms with E-state index in [2.05, 4.69) is 12.1 Å². The zero-order chi connectivity index (χ0) is 12.5. The van der Waals surface area contributed by atoms with Crippen molar-refractivity contribution in [2.45, 2.75) is 12.5 Å². The summed E-state index contributed by atoms with van der Waals surface area (Å²) in [6, 6.07) is 13.8. The topological polar surface area (TPSA) is 59.4 Å². The molecule has 0 spiro atoms. The van der Waals surface area contributed by atoms with Gasteiger partial charge >= 0.3 is 0 Å². The summed E-state index contributed by atoms with van der Waals surface area (Å²) in [4.78, 5) is 0. The maximum absolute atomic E-state index is 9.05. The first kappa shape index (κ1) is 13.9. The molecule has 0 aliphatic heterocycles. The Balaban J connectivity index is 0.00000133. The number of hydrogen-bond donors (Lipinski definition) is 2. The van der Waals surface area contributed by atoms with Gasteiger partial charge in [-0.2, -0.15) is 0 Å². The molecule has 19 heavy (non-hydrogen) atoms. The molecule has 0 fully saturated rings. The van der Waals surface area contributed by atoms with Crippen LogP contribution in [-0.2, 0) is 6.42 Å².